The lowest BCUT2D eigenvalue weighted by Crippen LogP contribution is -1.98. The molecule has 2 aromatic carbocycles. The second kappa shape index (κ2) is 5.24. The summed E-state index contributed by atoms with van der Waals surface area (Å²) < 4.78 is 0.954. The first-order valence-corrected chi connectivity index (χ1v) is 6.44. The van der Waals surface area contributed by atoms with Gasteiger partial charge in [0, 0.05) is 10.2 Å². The number of nitrogens with zero attached hydrogens (tertiary/aromatic N) is 1. The highest BCUT2D eigenvalue weighted by Crippen LogP contribution is 2.28. The molecule has 0 fully saturated rings. The van der Waals surface area contributed by atoms with E-state index in [1.807, 2.05) is 18.2 Å². The van der Waals surface area contributed by atoms with Crippen molar-refractivity contribution in [2.45, 2.75) is 13.8 Å². The van der Waals surface area contributed by atoms with Crippen molar-refractivity contribution in [2.24, 2.45) is 0 Å². The maximum absolute atomic E-state index is 9.12. The zero-order valence-electron chi connectivity index (χ0n) is 10.3. The van der Waals surface area contributed by atoms with Gasteiger partial charge < -0.3 is 5.32 Å². The zero-order valence-corrected chi connectivity index (χ0v) is 11.9. The number of benzene rings is 2. The molecule has 0 heterocycles. The first kappa shape index (κ1) is 12.7. The fourth-order valence-electron chi connectivity index (χ4n) is 1.86. The highest BCUT2D eigenvalue weighted by molar-refractivity contribution is 9.10. The molecule has 0 radical (unpaired) electrons. The third kappa shape index (κ3) is 2.55. The van der Waals surface area contributed by atoms with Crippen LogP contribution in [0.4, 0.5) is 11.4 Å². The van der Waals surface area contributed by atoms with Gasteiger partial charge in [-0.2, -0.15) is 5.26 Å². The SMILES string of the molecule is Cc1cccc(C)c1Nc1cc(Br)ccc1C#N. The van der Waals surface area contributed by atoms with Crippen molar-refractivity contribution in [2.75, 3.05) is 5.32 Å². The second-order valence-corrected chi connectivity index (χ2v) is 5.11. The largest absolute Gasteiger partial charge is 0.354 e. The van der Waals surface area contributed by atoms with E-state index in [0.717, 1.165) is 15.8 Å². The van der Waals surface area contributed by atoms with Gasteiger partial charge in [-0.15, -0.1) is 0 Å². The number of nitriles is 1. The van der Waals surface area contributed by atoms with Gasteiger partial charge in [0.1, 0.15) is 6.07 Å². The molecule has 2 nitrogen and oxygen atoms in total. The van der Waals surface area contributed by atoms with E-state index in [1.165, 1.54) is 11.1 Å². The van der Waals surface area contributed by atoms with E-state index in [9.17, 15) is 0 Å². The van der Waals surface area contributed by atoms with Crippen LogP contribution in [0, 0.1) is 25.2 Å². The van der Waals surface area contributed by atoms with Gasteiger partial charge in [0.05, 0.1) is 11.3 Å². The number of hydrogen-bond donors (Lipinski definition) is 1. The summed E-state index contributed by atoms with van der Waals surface area (Å²) in [7, 11) is 0. The van der Waals surface area contributed by atoms with Gasteiger partial charge in [-0.25, -0.2) is 0 Å². The molecule has 90 valence electrons. The first-order valence-electron chi connectivity index (χ1n) is 5.64. The first-order chi connectivity index (χ1) is 8.61. The molecule has 0 aliphatic rings. The smallest absolute Gasteiger partial charge is 0.101 e. The molecule has 0 aromatic heterocycles. The molecule has 0 unspecified atom stereocenters. The van der Waals surface area contributed by atoms with E-state index < -0.39 is 0 Å². The summed E-state index contributed by atoms with van der Waals surface area (Å²) in [6.45, 7) is 4.11. The van der Waals surface area contributed by atoms with Gasteiger partial charge in [-0.3, -0.25) is 0 Å². The Morgan fingerprint density at radius 3 is 2.39 bits per heavy atom. The fraction of sp³-hybridized carbons (Fsp3) is 0.133. The number of hydrogen-bond acceptors (Lipinski definition) is 2. The van der Waals surface area contributed by atoms with Gasteiger partial charge in [-0.1, -0.05) is 34.1 Å². The Labute approximate surface area is 115 Å². The van der Waals surface area contributed by atoms with Crippen molar-refractivity contribution in [3.05, 3.63) is 57.6 Å². The van der Waals surface area contributed by atoms with Crippen LogP contribution < -0.4 is 5.32 Å². The van der Waals surface area contributed by atoms with E-state index in [-0.39, 0.29) is 0 Å². The van der Waals surface area contributed by atoms with Crippen molar-refractivity contribution >= 4 is 27.3 Å². The average molecular weight is 301 g/mol. The number of nitrogens with one attached hydrogen (secondary N) is 1. The molecular formula is C15H13BrN2. The second-order valence-electron chi connectivity index (χ2n) is 4.19. The van der Waals surface area contributed by atoms with E-state index in [4.69, 9.17) is 5.26 Å². The molecule has 0 aliphatic heterocycles. The minimum atomic E-state index is 0.640. The Bertz CT molecular complexity index is 607. The molecular weight excluding hydrogens is 288 g/mol. The summed E-state index contributed by atoms with van der Waals surface area (Å²) in [6, 6.07) is 13.9. The predicted octanol–water partition coefficient (Wildman–Crippen LogP) is 4.68. The number of anilines is 2. The quantitative estimate of drug-likeness (QED) is 0.874. The van der Waals surface area contributed by atoms with Gasteiger partial charge in [0.2, 0.25) is 0 Å². The summed E-state index contributed by atoms with van der Waals surface area (Å²) in [4.78, 5) is 0. The van der Waals surface area contributed by atoms with Crippen molar-refractivity contribution in [1.29, 1.82) is 5.26 Å². The molecule has 2 rings (SSSR count). The van der Waals surface area contributed by atoms with E-state index >= 15 is 0 Å². The minimum absolute atomic E-state index is 0.640. The lowest BCUT2D eigenvalue weighted by molar-refractivity contribution is 1.35. The van der Waals surface area contributed by atoms with Crippen LogP contribution >= 0.6 is 15.9 Å². The lowest BCUT2D eigenvalue weighted by atomic mass is 10.1. The predicted molar refractivity (Wildman–Crippen MR) is 78.1 cm³/mol. The van der Waals surface area contributed by atoms with Crippen molar-refractivity contribution in [3.63, 3.8) is 0 Å². The topological polar surface area (TPSA) is 35.8 Å². The van der Waals surface area contributed by atoms with Gasteiger partial charge >= 0.3 is 0 Å². The summed E-state index contributed by atoms with van der Waals surface area (Å²) >= 11 is 3.43. The summed E-state index contributed by atoms with van der Waals surface area (Å²) in [6.07, 6.45) is 0. The summed E-state index contributed by atoms with van der Waals surface area (Å²) in [5.41, 5.74) is 4.86. The Hall–Kier alpha value is -1.79. The van der Waals surface area contributed by atoms with Crippen LogP contribution in [0.25, 0.3) is 0 Å². The van der Waals surface area contributed by atoms with Gasteiger partial charge in [0.25, 0.3) is 0 Å². The summed E-state index contributed by atoms with van der Waals surface area (Å²) in [5, 5.41) is 12.5. The monoisotopic (exact) mass is 300 g/mol. The third-order valence-corrected chi connectivity index (χ3v) is 3.34. The lowest BCUT2D eigenvalue weighted by Gasteiger charge is -2.14. The van der Waals surface area contributed by atoms with Crippen LogP contribution in [0.1, 0.15) is 16.7 Å². The van der Waals surface area contributed by atoms with Crippen molar-refractivity contribution in [1.82, 2.24) is 0 Å². The van der Waals surface area contributed by atoms with Crippen LogP contribution in [0.2, 0.25) is 0 Å². The number of para-hydroxylation sites is 1. The maximum atomic E-state index is 9.12. The maximum Gasteiger partial charge on any atom is 0.101 e. The molecule has 2 aromatic rings. The molecule has 0 saturated carbocycles. The van der Waals surface area contributed by atoms with Gasteiger partial charge in [0.15, 0.2) is 0 Å². The van der Waals surface area contributed by atoms with Crippen LogP contribution in [0.5, 0.6) is 0 Å². The molecule has 0 spiro atoms. The standard InChI is InChI=1S/C15H13BrN2/c1-10-4-3-5-11(2)15(10)18-14-8-13(16)7-6-12(14)9-17/h3-8,18H,1-2H3. The van der Waals surface area contributed by atoms with Gasteiger partial charge in [-0.05, 0) is 43.2 Å². The molecule has 0 bridgehead atoms. The van der Waals surface area contributed by atoms with Crippen LogP contribution in [0.15, 0.2) is 40.9 Å². The molecule has 0 amide bonds. The Morgan fingerprint density at radius 1 is 1.11 bits per heavy atom. The third-order valence-electron chi connectivity index (χ3n) is 2.84. The molecule has 0 atom stereocenters. The van der Waals surface area contributed by atoms with Crippen LogP contribution in [-0.2, 0) is 0 Å². The minimum Gasteiger partial charge on any atom is -0.354 e. The van der Waals surface area contributed by atoms with Crippen molar-refractivity contribution in [3.8, 4) is 6.07 Å². The highest BCUT2D eigenvalue weighted by atomic mass is 79.9. The molecule has 0 aliphatic carbocycles. The molecule has 18 heavy (non-hydrogen) atoms. The number of rotatable bonds is 2. The van der Waals surface area contributed by atoms with Crippen LogP contribution in [-0.4, -0.2) is 0 Å². The van der Waals surface area contributed by atoms with E-state index in [1.54, 1.807) is 6.07 Å². The Kier molecular flexibility index (Phi) is 3.69. The molecule has 0 saturated heterocycles. The highest BCUT2D eigenvalue weighted by Gasteiger charge is 2.06. The molecule has 3 heteroatoms. The fourth-order valence-corrected chi connectivity index (χ4v) is 2.22. The Balaban J connectivity index is 2.46. The van der Waals surface area contributed by atoms with Crippen LogP contribution in [0.3, 0.4) is 0 Å². The van der Waals surface area contributed by atoms with E-state index in [0.29, 0.717) is 5.56 Å². The number of aryl methyl sites for hydroxylation is 2. The molecule has 1 N–H and O–H groups in total. The van der Waals surface area contributed by atoms with E-state index in [2.05, 4.69) is 53.3 Å². The Morgan fingerprint density at radius 2 is 1.78 bits per heavy atom. The summed E-state index contributed by atoms with van der Waals surface area (Å²) in [5.74, 6) is 0. The normalized spacial score (nSPS) is 9.89. The average Bonchev–Trinajstić information content (AvgIpc) is 2.34. The van der Waals surface area contributed by atoms with Crippen molar-refractivity contribution < 1.29 is 0 Å². The number of halogens is 1. The zero-order chi connectivity index (χ0) is 13.1.